The fourth-order valence-electron chi connectivity index (χ4n) is 2.95. The Hall–Kier alpha value is -1.81. The molecule has 2 aromatic rings. The molecule has 4 nitrogen and oxygen atoms in total. The first-order valence-electron chi connectivity index (χ1n) is 6.86. The minimum Gasteiger partial charge on any atom is -0.351 e. The van der Waals surface area contributed by atoms with Crippen molar-refractivity contribution >= 4 is 16.8 Å². The molecular weight excluding hydrogens is 238 g/mol. The molecule has 0 saturated heterocycles. The van der Waals surface area contributed by atoms with E-state index in [1.165, 1.54) is 0 Å². The Kier molecular flexibility index (Phi) is 3.25. The van der Waals surface area contributed by atoms with Gasteiger partial charge >= 0.3 is 0 Å². The second-order valence-corrected chi connectivity index (χ2v) is 5.28. The number of H-pyrrole nitrogens is 1. The second kappa shape index (κ2) is 5.05. The maximum Gasteiger partial charge on any atom is 0.267 e. The first kappa shape index (κ1) is 12.2. The number of aromatic amines is 1. The van der Waals surface area contributed by atoms with Crippen molar-refractivity contribution in [2.24, 2.45) is 11.7 Å². The number of para-hydroxylation sites is 1. The highest BCUT2D eigenvalue weighted by Gasteiger charge is 2.27. The minimum atomic E-state index is -0.0263. The van der Waals surface area contributed by atoms with Gasteiger partial charge in [-0.2, -0.15) is 0 Å². The SMILES string of the molecule is NCC1CCCC1NC(=O)c1cc2ccccc2[nH]1. The third-order valence-corrected chi connectivity index (χ3v) is 4.05. The largest absolute Gasteiger partial charge is 0.351 e. The molecule has 0 bridgehead atoms. The van der Waals surface area contributed by atoms with E-state index in [-0.39, 0.29) is 11.9 Å². The zero-order chi connectivity index (χ0) is 13.2. The average molecular weight is 257 g/mol. The lowest BCUT2D eigenvalue weighted by Crippen LogP contribution is -2.39. The van der Waals surface area contributed by atoms with Crippen molar-refractivity contribution in [3.05, 3.63) is 36.0 Å². The normalized spacial score (nSPS) is 22.8. The molecule has 2 atom stereocenters. The van der Waals surface area contributed by atoms with Gasteiger partial charge in [0.15, 0.2) is 0 Å². The molecule has 19 heavy (non-hydrogen) atoms. The smallest absolute Gasteiger partial charge is 0.267 e. The predicted molar refractivity (Wildman–Crippen MR) is 75.9 cm³/mol. The number of hydrogen-bond acceptors (Lipinski definition) is 2. The second-order valence-electron chi connectivity index (χ2n) is 5.28. The topological polar surface area (TPSA) is 70.9 Å². The van der Waals surface area contributed by atoms with Crippen LogP contribution in [0.1, 0.15) is 29.8 Å². The van der Waals surface area contributed by atoms with Crippen LogP contribution in [-0.2, 0) is 0 Å². The van der Waals surface area contributed by atoms with Crippen molar-refractivity contribution in [3.63, 3.8) is 0 Å². The van der Waals surface area contributed by atoms with Gasteiger partial charge in [0, 0.05) is 16.9 Å². The van der Waals surface area contributed by atoms with Crippen LogP contribution < -0.4 is 11.1 Å². The Morgan fingerprint density at radius 1 is 1.37 bits per heavy atom. The van der Waals surface area contributed by atoms with Crippen molar-refractivity contribution in [2.45, 2.75) is 25.3 Å². The van der Waals surface area contributed by atoms with E-state index in [0.29, 0.717) is 18.2 Å². The highest BCUT2D eigenvalue weighted by atomic mass is 16.1. The molecule has 1 saturated carbocycles. The Morgan fingerprint density at radius 3 is 3.00 bits per heavy atom. The van der Waals surface area contributed by atoms with Gasteiger partial charge in [0.2, 0.25) is 0 Å². The summed E-state index contributed by atoms with van der Waals surface area (Å²) in [5, 5.41) is 4.17. The van der Waals surface area contributed by atoms with Crippen molar-refractivity contribution in [1.82, 2.24) is 10.3 Å². The molecular formula is C15H19N3O. The van der Waals surface area contributed by atoms with Crippen LogP contribution in [0, 0.1) is 5.92 Å². The van der Waals surface area contributed by atoms with Gasteiger partial charge in [0.05, 0.1) is 0 Å². The molecule has 1 amide bonds. The highest BCUT2D eigenvalue weighted by Crippen LogP contribution is 2.25. The van der Waals surface area contributed by atoms with E-state index in [9.17, 15) is 4.79 Å². The fourth-order valence-corrected chi connectivity index (χ4v) is 2.95. The lowest BCUT2D eigenvalue weighted by atomic mass is 10.0. The number of hydrogen-bond donors (Lipinski definition) is 3. The molecule has 1 aliphatic rings. The summed E-state index contributed by atoms with van der Waals surface area (Å²) in [6.45, 7) is 0.650. The van der Waals surface area contributed by atoms with Crippen molar-refractivity contribution < 1.29 is 4.79 Å². The predicted octanol–water partition coefficient (Wildman–Crippen LogP) is 2.03. The van der Waals surface area contributed by atoms with Crippen LogP contribution >= 0.6 is 0 Å². The number of rotatable bonds is 3. The number of nitrogens with two attached hydrogens (primary N) is 1. The Bertz CT molecular complexity index is 557. The minimum absolute atomic E-state index is 0.0263. The number of aromatic nitrogens is 1. The van der Waals surface area contributed by atoms with Gasteiger partial charge in [-0.1, -0.05) is 24.6 Å². The number of nitrogens with one attached hydrogen (secondary N) is 2. The monoisotopic (exact) mass is 257 g/mol. The van der Waals surface area contributed by atoms with E-state index in [4.69, 9.17) is 5.73 Å². The first-order valence-corrected chi connectivity index (χ1v) is 6.86. The van der Waals surface area contributed by atoms with Gasteiger partial charge in [-0.3, -0.25) is 4.79 Å². The van der Waals surface area contributed by atoms with Gasteiger partial charge in [-0.25, -0.2) is 0 Å². The molecule has 1 aromatic carbocycles. The molecule has 100 valence electrons. The molecule has 1 aliphatic carbocycles. The molecule has 1 aromatic heterocycles. The summed E-state index contributed by atoms with van der Waals surface area (Å²) in [7, 11) is 0. The molecule has 2 unspecified atom stereocenters. The summed E-state index contributed by atoms with van der Waals surface area (Å²) in [5.41, 5.74) is 7.36. The number of carbonyl (C=O) groups excluding carboxylic acids is 1. The maximum absolute atomic E-state index is 12.2. The summed E-state index contributed by atoms with van der Waals surface area (Å²) < 4.78 is 0. The summed E-state index contributed by atoms with van der Waals surface area (Å²) in [6.07, 6.45) is 3.31. The quantitative estimate of drug-likeness (QED) is 0.787. The number of carbonyl (C=O) groups is 1. The molecule has 0 aliphatic heterocycles. The van der Waals surface area contributed by atoms with E-state index in [0.717, 1.165) is 30.2 Å². The Labute approximate surface area is 112 Å². The molecule has 1 heterocycles. The standard InChI is InChI=1S/C15H19N3O/c16-9-11-5-3-7-13(11)18-15(19)14-8-10-4-1-2-6-12(10)17-14/h1-2,4,6,8,11,13,17H,3,5,7,9,16H2,(H,18,19). The first-order chi connectivity index (χ1) is 9.28. The van der Waals surface area contributed by atoms with Crippen LogP contribution in [0.2, 0.25) is 0 Å². The van der Waals surface area contributed by atoms with Crippen LogP contribution in [0.15, 0.2) is 30.3 Å². The number of benzene rings is 1. The van der Waals surface area contributed by atoms with E-state index in [1.807, 2.05) is 30.3 Å². The molecule has 4 heteroatoms. The van der Waals surface area contributed by atoms with E-state index in [2.05, 4.69) is 10.3 Å². The fraction of sp³-hybridized carbons (Fsp3) is 0.400. The van der Waals surface area contributed by atoms with Crippen LogP contribution in [-0.4, -0.2) is 23.5 Å². The van der Waals surface area contributed by atoms with Gasteiger partial charge in [0.1, 0.15) is 5.69 Å². The van der Waals surface area contributed by atoms with E-state index < -0.39 is 0 Å². The zero-order valence-electron chi connectivity index (χ0n) is 10.9. The lowest BCUT2D eigenvalue weighted by Gasteiger charge is -2.18. The molecule has 0 spiro atoms. The van der Waals surface area contributed by atoms with Gasteiger partial charge in [-0.15, -0.1) is 0 Å². The lowest BCUT2D eigenvalue weighted by molar-refractivity contribution is 0.0924. The van der Waals surface area contributed by atoms with Crippen molar-refractivity contribution in [1.29, 1.82) is 0 Å². The summed E-state index contributed by atoms with van der Waals surface area (Å²) in [6, 6.07) is 10.0. The zero-order valence-corrected chi connectivity index (χ0v) is 10.9. The van der Waals surface area contributed by atoms with E-state index >= 15 is 0 Å². The summed E-state index contributed by atoms with van der Waals surface area (Å²) in [5.74, 6) is 0.398. The summed E-state index contributed by atoms with van der Waals surface area (Å²) >= 11 is 0. The molecule has 4 N–H and O–H groups in total. The van der Waals surface area contributed by atoms with Crippen LogP contribution in [0.5, 0.6) is 0 Å². The maximum atomic E-state index is 12.2. The van der Waals surface area contributed by atoms with Gasteiger partial charge in [-0.05, 0) is 37.4 Å². The molecule has 3 rings (SSSR count). The van der Waals surface area contributed by atoms with Crippen molar-refractivity contribution in [2.75, 3.05) is 6.54 Å². The van der Waals surface area contributed by atoms with Crippen LogP contribution in [0.4, 0.5) is 0 Å². The van der Waals surface area contributed by atoms with Crippen LogP contribution in [0.25, 0.3) is 10.9 Å². The number of fused-ring (bicyclic) bond motifs is 1. The third kappa shape index (κ3) is 2.36. The van der Waals surface area contributed by atoms with E-state index in [1.54, 1.807) is 0 Å². The molecule has 0 radical (unpaired) electrons. The highest BCUT2D eigenvalue weighted by molar-refractivity contribution is 5.98. The number of amides is 1. The third-order valence-electron chi connectivity index (χ3n) is 4.05. The summed E-state index contributed by atoms with van der Waals surface area (Å²) in [4.78, 5) is 15.4. The average Bonchev–Trinajstić information content (AvgIpc) is 3.03. The Morgan fingerprint density at radius 2 is 2.21 bits per heavy atom. The van der Waals surface area contributed by atoms with Gasteiger partial charge < -0.3 is 16.0 Å². The van der Waals surface area contributed by atoms with Crippen LogP contribution in [0.3, 0.4) is 0 Å². The Balaban J connectivity index is 1.76. The van der Waals surface area contributed by atoms with Gasteiger partial charge in [0.25, 0.3) is 5.91 Å². The van der Waals surface area contributed by atoms with Crippen molar-refractivity contribution in [3.8, 4) is 0 Å². The molecule has 1 fully saturated rings.